The smallest absolute Gasteiger partial charge is 0.228 e. The van der Waals surface area contributed by atoms with Crippen molar-refractivity contribution in [2.75, 3.05) is 7.11 Å². The van der Waals surface area contributed by atoms with Crippen molar-refractivity contribution in [1.82, 2.24) is 0 Å². The molecule has 4 nitrogen and oxygen atoms in total. The van der Waals surface area contributed by atoms with Gasteiger partial charge in [-0.05, 0) is 12.1 Å². The van der Waals surface area contributed by atoms with Gasteiger partial charge in [0.15, 0.2) is 6.29 Å². The molecule has 1 aromatic rings. The lowest BCUT2D eigenvalue weighted by Crippen LogP contribution is -2.03. The van der Waals surface area contributed by atoms with Crippen LogP contribution < -0.4 is 4.74 Å². The Labute approximate surface area is 79.6 Å². The molecule has 1 aromatic carbocycles. The predicted molar refractivity (Wildman–Crippen MR) is 47.0 cm³/mol. The largest absolute Gasteiger partial charge is 0.497 e. The van der Waals surface area contributed by atoms with Crippen molar-refractivity contribution < 1.29 is 24.2 Å². The third-order valence-electron chi connectivity index (χ3n) is 1.55. The van der Waals surface area contributed by atoms with Crippen molar-refractivity contribution in [2.24, 2.45) is 0 Å². The van der Waals surface area contributed by atoms with E-state index in [4.69, 9.17) is 4.74 Å². The van der Waals surface area contributed by atoms with Crippen molar-refractivity contribution in [3.8, 4) is 5.75 Å². The lowest BCUT2D eigenvalue weighted by atomic mass is 10.1. The molecule has 5 heteroatoms. The zero-order chi connectivity index (χ0) is 9.84. The Morgan fingerprint density at radius 3 is 2.57 bits per heavy atom. The average Bonchev–Trinajstić information content (AvgIpc) is 2.16. The third-order valence-corrected chi connectivity index (χ3v) is 1.55. The zero-order valence-corrected chi connectivity index (χ0v) is 7.41. The number of carbonyl (C=O) groups is 2. The molecule has 0 radical (unpaired) electrons. The Balaban J connectivity index is 0.00000169. The van der Waals surface area contributed by atoms with Crippen LogP contribution in [0.3, 0.4) is 0 Å². The summed E-state index contributed by atoms with van der Waals surface area (Å²) in [4.78, 5) is 20.8. The van der Waals surface area contributed by atoms with Gasteiger partial charge in [0.1, 0.15) is 11.6 Å². The Morgan fingerprint density at radius 1 is 1.50 bits per heavy atom. The van der Waals surface area contributed by atoms with Gasteiger partial charge in [0.25, 0.3) is 0 Å². The average molecular weight is 200 g/mol. The van der Waals surface area contributed by atoms with Crippen LogP contribution in [0.15, 0.2) is 18.2 Å². The Hall–Kier alpha value is -1.75. The van der Waals surface area contributed by atoms with Gasteiger partial charge in [0.2, 0.25) is 5.78 Å². The molecule has 0 unspecified atom stereocenters. The molecule has 1 rings (SSSR count). The number of rotatable bonds is 3. The number of ether oxygens (including phenoxy) is 1. The maximum absolute atomic E-state index is 13.0. The summed E-state index contributed by atoms with van der Waals surface area (Å²) in [6, 6.07) is 3.68. The lowest BCUT2D eigenvalue weighted by molar-refractivity contribution is -0.104. The number of Topliss-reactive ketones (excluding diaryl/α,β-unsaturated/α-hetero) is 1. The molecule has 0 atom stereocenters. The van der Waals surface area contributed by atoms with E-state index in [1.165, 1.54) is 19.2 Å². The number of methoxy groups -OCH3 is 1. The van der Waals surface area contributed by atoms with Crippen molar-refractivity contribution in [2.45, 2.75) is 0 Å². The van der Waals surface area contributed by atoms with Gasteiger partial charge in [0.05, 0.1) is 12.7 Å². The molecule has 0 aromatic heterocycles. The highest BCUT2D eigenvalue weighted by Crippen LogP contribution is 2.15. The minimum absolute atomic E-state index is 0. The van der Waals surface area contributed by atoms with Gasteiger partial charge in [-0.2, -0.15) is 0 Å². The molecule has 0 heterocycles. The highest BCUT2D eigenvalue weighted by atomic mass is 19.1. The number of carbonyl (C=O) groups excluding carboxylic acids is 2. The second-order valence-electron chi connectivity index (χ2n) is 2.33. The maximum atomic E-state index is 13.0. The fourth-order valence-corrected chi connectivity index (χ4v) is 0.886. The minimum atomic E-state index is -0.875. The first-order valence-corrected chi connectivity index (χ1v) is 3.52. The zero-order valence-electron chi connectivity index (χ0n) is 7.41. The normalized spacial score (nSPS) is 8.71. The predicted octanol–water partition coefficient (Wildman–Crippen LogP) is 0.391. The first-order chi connectivity index (χ1) is 6.19. The van der Waals surface area contributed by atoms with Gasteiger partial charge < -0.3 is 10.2 Å². The van der Waals surface area contributed by atoms with Crippen LogP contribution in [0.25, 0.3) is 0 Å². The molecule has 2 N–H and O–H groups in total. The number of benzene rings is 1. The molecule has 0 spiro atoms. The molecule has 0 saturated heterocycles. The number of halogens is 1. The van der Waals surface area contributed by atoms with Crippen LogP contribution >= 0.6 is 0 Å². The molecular formula is C9H9FO4. The summed E-state index contributed by atoms with van der Waals surface area (Å²) in [6.07, 6.45) is 0.0743. The van der Waals surface area contributed by atoms with Crippen LogP contribution in [-0.2, 0) is 4.79 Å². The van der Waals surface area contributed by atoms with Crippen LogP contribution in [0.5, 0.6) is 5.75 Å². The van der Waals surface area contributed by atoms with E-state index in [9.17, 15) is 14.0 Å². The summed E-state index contributed by atoms with van der Waals surface area (Å²) in [5.41, 5.74) is -0.240. The van der Waals surface area contributed by atoms with Crippen molar-refractivity contribution in [3.63, 3.8) is 0 Å². The van der Waals surface area contributed by atoms with Gasteiger partial charge in [0, 0.05) is 6.07 Å². The summed E-state index contributed by atoms with van der Waals surface area (Å²) in [5, 5.41) is 0. The van der Waals surface area contributed by atoms with E-state index >= 15 is 0 Å². The van der Waals surface area contributed by atoms with Crippen molar-refractivity contribution >= 4 is 12.1 Å². The van der Waals surface area contributed by atoms with Gasteiger partial charge in [-0.3, -0.25) is 9.59 Å². The first-order valence-electron chi connectivity index (χ1n) is 3.52. The second kappa shape index (κ2) is 5.08. The van der Waals surface area contributed by atoms with Gasteiger partial charge in [-0.15, -0.1) is 0 Å². The van der Waals surface area contributed by atoms with Gasteiger partial charge in [-0.1, -0.05) is 0 Å². The molecule has 0 aliphatic rings. The van der Waals surface area contributed by atoms with E-state index in [-0.39, 0.29) is 17.3 Å². The molecule has 76 valence electrons. The van der Waals surface area contributed by atoms with E-state index in [0.29, 0.717) is 5.75 Å². The fourth-order valence-electron chi connectivity index (χ4n) is 0.886. The summed E-state index contributed by atoms with van der Waals surface area (Å²) in [5.74, 6) is -1.32. The van der Waals surface area contributed by atoms with E-state index in [1.54, 1.807) is 0 Å². The molecule has 0 aliphatic carbocycles. The van der Waals surface area contributed by atoms with Crippen LogP contribution in [-0.4, -0.2) is 24.7 Å². The SMILES string of the molecule is COc1ccc(C(=O)C=O)c(F)c1.O. The van der Waals surface area contributed by atoms with Crippen LogP contribution in [0.1, 0.15) is 10.4 Å². The van der Waals surface area contributed by atoms with Crippen LogP contribution in [0.2, 0.25) is 0 Å². The van der Waals surface area contributed by atoms with Gasteiger partial charge >= 0.3 is 0 Å². The van der Waals surface area contributed by atoms with E-state index in [1.807, 2.05) is 0 Å². The van der Waals surface area contributed by atoms with E-state index in [0.717, 1.165) is 6.07 Å². The quantitative estimate of drug-likeness (QED) is 0.402. The highest BCUT2D eigenvalue weighted by molar-refractivity contribution is 6.33. The molecule has 0 saturated carbocycles. The standard InChI is InChI=1S/C9H7FO3.H2O/c1-13-6-2-3-7(8(10)4-6)9(12)5-11;/h2-5H,1H3;1H2. The summed E-state index contributed by atoms with van der Waals surface area (Å²) in [7, 11) is 1.38. The minimum Gasteiger partial charge on any atom is -0.497 e. The number of hydrogen-bond acceptors (Lipinski definition) is 3. The molecule has 0 fully saturated rings. The summed E-state index contributed by atoms with van der Waals surface area (Å²) >= 11 is 0. The fraction of sp³-hybridized carbons (Fsp3) is 0.111. The van der Waals surface area contributed by atoms with Crippen LogP contribution in [0, 0.1) is 5.82 Å². The molecule has 14 heavy (non-hydrogen) atoms. The number of aldehydes is 1. The summed E-state index contributed by atoms with van der Waals surface area (Å²) < 4.78 is 17.7. The molecule has 0 amide bonds. The van der Waals surface area contributed by atoms with E-state index in [2.05, 4.69) is 0 Å². The second-order valence-corrected chi connectivity index (χ2v) is 2.33. The van der Waals surface area contributed by atoms with Crippen molar-refractivity contribution in [1.29, 1.82) is 0 Å². The van der Waals surface area contributed by atoms with Gasteiger partial charge in [-0.25, -0.2) is 4.39 Å². The Kier molecular flexibility index (Phi) is 4.45. The first kappa shape index (κ1) is 12.2. The highest BCUT2D eigenvalue weighted by Gasteiger charge is 2.10. The lowest BCUT2D eigenvalue weighted by Gasteiger charge is -2.01. The van der Waals surface area contributed by atoms with Crippen molar-refractivity contribution in [3.05, 3.63) is 29.6 Å². The summed E-state index contributed by atoms with van der Waals surface area (Å²) in [6.45, 7) is 0. The van der Waals surface area contributed by atoms with Crippen LogP contribution in [0.4, 0.5) is 4.39 Å². The monoisotopic (exact) mass is 200 g/mol. The number of hydrogen-bond donors (Lipinski definition) is 0. The number of ketones is 1. The Morgan fingerprint density at radius 2 is 2.14 bits per heavy atom. The topological polar surface area (TPSA) is 74.9 Å². The van der Waals surface area contributed by atoms with E-state index < -0.39 is 11.6 Å². The Bertz CT molecular complexity index is 349. The maximum Gasteiger partial charge on any atom is 0.228 e. The molecule has 0 bridgehead atoms. The molecule has 0 aliphatic heterocycles. The third kappa shape index (κ3) is 2.37. The molecular weight excluding hydrogens is 191 g/mol.